The zero-order chi connectivity index (χ0) is 13.7. The average molecular weight is 259 g/mol. The fraction of sp³-hybridized carbons (Fsp3) is 0.286. The number of aryl methyl sites for hydroxylation is 1. The van der Waals surface area contributed by atoms with Crippen LogP contribution in [0.15, 0.2) is 41.1 Å². The first-order valence-corrected chi connectivity index (χ1v) is 6.20. The van der Waals surface area contributed by atoms with Crippen molar-refractivity contribution >= 4 is 11.6 Å². The highest BCUT2D eigenvalue weighted by atomic mass is 16.3. The standard InChI is InChI=1S/C14H17N3O2/c1-10(4-5-12-3-2-8-19-12)17-11-6-7-16-13(9-11)14(15)18/h2-3,6-10H,4-5H2,1H3,(H2,15,18)(H,16,17). The fourth-order valence-corrected chi connectivity index (χ4v) is 1.83. The Hall–Kier alpha value is -2.30. The van der Waals surface area contributed by atoms with E-state index in [0.29, 0.717) is 0 Å². The Kier molecular flexibility index (Phi) is 4.18. The number of nitrogens with zero attached hydrogens (tertiary/aromatic N) is 1. The van der Waals surface area contributed by atoms with Crippen LogP contribution < -0.4 is 11.1 Å². The van der Waals surface area contributed by atoms with Gasteiger partial charge in [-0.25, -0.2) is 0 Å². The summed E-state index contributed by atoms with van der Waals surface area (Å²) in [5.41, 5.74) is 6.30. The number of carbonyl (C=O) groups is 1. The van der Waals surface area contributed by atoms with Gasteiger partial charge in [-0.05, 0) is 37.6 Å². The maximum atomic E-state index is 11.0. The minimum absolute atomic E-state index is 0.258. The van der Waals surface area contributed by atoms with Gasteiger partial charge in [-0.2, -0.15) is 0 Å². The number of nitrogens with two attached hydrogens (primary N) is 1. The predicted molar refractivity (Wildman–Crippen MR) is 72.9 cm³/mol. The SMILES string of the molecule is CC(CCc1ccco1)Nc1ccnc(C(N)=O)c1. The van der Waals surface area contributed by atoms with Crippen LogP contribution in [0.25, 0.3) is 0 Å². The number of carbonyl (C=O) groups excluding carboxylic acids is 1. The molecule has 2 aromatic rings. The van der Waals surface area contributed by atoms with E-state index in [9.17, 15) is 4.79 Å². The molecule has 0 saturated carbocycles. The fourth-order valence-electron chi connectivity index (χ4n) is 1.83. The van der Waals surface area contributed by atoms with Crippen molar-refractivity contribution in [1.82, 2.24) is 4.98 Å². The number of pyridine rings is 1. The Morgan fingerprint density at radius 3 is 3.05 bits per heavy atom. The van der Waals surface area contributed by atoms with E-state index in [0.717, 1.165) is 24.3 Å². The molecule has 0 aliphatic rings. The summed E-state index contributed by atoms with van der Waals surface area (Å²) in [6.07, 6.45) is 5.05. The minimum Gasteiger partial charge on any atom is -0.469 e. The second-order valence-electron chi connectivity index (χ2n) is 4.46. The molecule has 0 aliphatic carbocycles. The molecular weight excluding hydrogens is 242 g/mol. The van der Waals surface area contributed by atoms with Crippen LogP contribution in [0.4, 0.5) is 5.69 Å². The lowest BCUT2D eigenvalue weighted by Crippen LogP contribution is -2.17. The normalized spacial score (nSPS) is 12.1. The number of primary amides is 1. The van der Waals surface area contributed by atoms with Gasteiger partial charge in [0.2, 0.25) is 0 Å². The van der Waals surface area contributed by atoms with Gasteiger partial charge < -0.3 is 15.5 Å². The van der Waals surface area contributed by atoms with Crippen molar-refractivity contribution in [3.8, 4) is 0 Å². The van der Waals surface area contributed by atoms with Crippen LogP contribution in [0.1, 0.15) is 29.6 Å². The van der Waals surface area contributed by atoms with E-state index in [1.165, 1.54) is 0 Å². The number of hydrogen-bond donors (Lipinski definition) is 2. The molecule has 3 N–H and O–H groups in total. The maximum absolute atomic E-state index is 11.0. The van der Waals surface area contributed by atoms with Crippen molar-refractivity contribution in [3.05, 3.63) is 48.2 Å². The van der Waals surface area contributed by atoms with E-state index in [1.807, 2.05) is 18.2 Å². The minimum atomic E-state index is -0.521. The lowest BCUT2D eigenvalue weighted by Gasteiger charge is -2.14. The number of hydrogen-bond acceptors (Lipinski definition) is 4. The van der Waals surface area contributed by atoms with Crippen LogP contribution in [0.2, 0.25) is 0 Å². The molecule has 1 amide bonds. The number of amides is 1. The number of nitrogens with one attached hydrogen (secondary N) is 1. The van der Waals surface area contributed by atoms with Crippen molar-refractivity contribution in [2.24, 2.45) is 5.73 Å². The van der Waals surface area contributed by atoms with E-state index >= 15 is 0 Å². The van der Waals surface area contributed by atoms with Crippen LogP contribution in [0.3, 0.4) is 0 Å². The van der Waals surface area contributed by atoms with E-state index in [2.05, 4.69) is 17.2 Å². The molecule has 5 nitrogen and oxygen atoms in total. The second-order valence-corrected chi connectivity index (χ2v) is 4.46. The summed E-state index contributed by atoms with van der Waals surface area (Å²) in [5.74, 6) is 0.452. The Morgan fingerprint density at radius 2 is 2.37 bits per heavy atom. The van der Waals surface area contributed by atoms with Crippen molar-refractivity contribution in [1.29, 1.82) is 0 Å². The molecule has 5 heteroatoms. The average Bonchev–Trinajstić information content (AvgIpc) is 2.90. The summed E-state index contributed by atoms with van der Waals surface area (Å²) in [6, 6.07) is 7.58. The Morgan fingerprint density at radius 1 is 1.53 bits per heavy atom. The summed E-state index contributed by atoms with van der Waals surface area (Å²) < 4.78 is 5.29. The molecule has 1 atom stereocenters. The zero-order valence-electron chi connectivity index (χ0n) is 10.8. The lowest BCUT2D eigenvalue weighted by molar-refractivity contribution is 0.0995. The van der Waals surface area contributed by atoms with Crippen molar-refractivity contribution in [3.63, 3.8) is 0 Å². The summed E-state index contributed by atoms with van der Waals surface area (Å²) in [7, 11) is 0. The van der Waals surface area contributed by atoms with Crippen LogP contribution in [0, 0.1) is 0 Å². The summed E-state index contributed by atoms with van der Waals surface area (Å²) in [6.45, 7) is 2.08. The smallest absolute Gasteiger partial charge is 0.267 e. The highest BCUT2D eigenvalue weighted by Crippen LogP contribution is 2.12. The molecule has 2 heterocycles. The summed E-state index contributed by atoms with van der Waals surface area (Å²) in [5, 5.41) is 3.31. The summed E-state index contributed by atoms with van der Waals surface area (Å²) in [4.78, 5) is 14.9. The Balaban J connectivity index is 1.89. The van der Waals surface area contributed by atoms with Crippen molar-refractivity contribution in [2.75, 3.05) is 5.32 Å². The van der Waals surface area contributed by atoms with Gasteiger partial charge in [0.25, 0.3) is 5.91 Å². The lowest BCUT2D eigenvalue weighted by atomic mass is 10.1. The van der Waals surface area contributed by atoms with Gasteiger partial charge in [-0.15, -0.1) is 0 Å². The maximum Gasteiger partial charge on any atom is 0.267 e. The molecule has 0 fully saturated rings. The van der Waals surface area contributed by atoms with Crippen molar-refractivity contribution in [2.45, 2.75) is 25.8 Å². The van der Waals surface area contributed by atoms with Gasteiger partial charge in [0.15, 0.2) is 0 Å². The van der Waals surface area contributed by atoms with E-state index in [4.69, 9.17) is 10.2 Å². The highest BCUT2D eigenvalue weighted by Gasteiger charge is 2.07. The summed E-state index contributed by atoms with van der Waals surface area (Å²) >= 11 is 0. The third kappa shape index (κ3) is 3.84. The van der Waals surface area contributed by atoms with E-state index in [1.54, 1.807) is 18.5 Å². The Labute approximate surface area is 111 Å². The van der Waals surface area contributed by atoms with Crippen molar-refractivity contribution < 1.29 is 9.21 Å². The van der Waals surface area contributed by atoms with Crippen LogP contribution in [0.5, 0.6) is 0 Å². The van der Waals surface area contributed by atoms with Gasteiger partial charge >= 0.3 is 0 Å². The molecule has 0 aromatic carbocycles. The van der Waals surface area contributed by atoms with Crippen LogP contribution >= 0.6 is 0 Å². The molecule has 0 bridgehead atoms. The molecule has 2 rings (SSSR count). The number of anilines is 1. The molecule has 2 aromatic heterocycles. The topological polar surface area (TPSA) is 81.2 Å². The first-order chi connectivity index (χ1) is 9.15. The largest absolute Gasteiger partial charge is 0.469 e. The van der Waals surface area contributed by atoms with E-state index in [-0.39, 0.29) is 11.7 Å². The van der Waals surface area contributed by atoms with Crippen LogP contribution in [-0.2, 0) is 6.42 Å². The molecular formula is C14H17N3O2. The highest BCUT2D eigenvalue weighted by molar-refractivity contribution is 5.91. The second kappa shape index (κ2) is 6.04. The van der Waals surface area contributed by atoms with Gasteiger partial charge in [0.1, 0.15) is 11.5 Å². The molecule has 0 radical (unpaired) electrons. The van der Waals surface area contributed by atoms with Gasteiger partial charge in [0.05, 0.1) is 6.26 Å². The van der Waals surface area contributed by atoms with Gasteiger partial charge in [0, 0.05) is 24.3 Å². The molecule has 19 heavy (non-hydrogen) atoms. The Bertz CT molecular complexity index is 537. The number of rotatable bonds is 6. The first-order valence-electron chi connectivity index (χ1n) is 6.20. The molecule has 0 saturated heterocycles. The van der Waals surface area contributed by atoms with E-state index < -0.39 is 5.91 Å². The first kappa shape index (κ1) is 13.1. The number of furan rings is 1. The molecule has 1 unspecified atom stereocenters. The predicted octanol–water partition coefficient (Wildman–Crippen LogP) is 2.21. The number of aromatic nitrogens is 1. The third-order valence-corrected chi connectivity index (χ3v) is 2.83. The molecule has 0 aliphatic heterocycles. The monoisotopic (exact) mass is 259 g/mol. The van der Waals surface area contributed by atoms with Crippen LogP contribution in [-0.4, -0.2) is 16.9 Å². The zero-order valence-corrected chi connectivity index (χ0v) is 10.8. The molecule has 100 valence electrons. The third-order valence-electron chi connectivity index (χ3n) is 2.83. The van der Waals surface area contributed by atoms with Gasteiger partial charge in [-0.1, -0.05) is 0 Å². The quantitative estimate of drug-likeness (QED) is 0.833. The molecule has 0 spiro atoms. The van der Waals surface area contributed by atoms with Gasteiger partial charge in [-0.3, -0.25) is 9.78 Å².